The van der Waals surface area contributed by atoms with Gasteiger partial charge in [0.2, 0.25) is 0 Å². The molecule has 134 valence electrons. The van der Waals surface area contributed by atoms with E-state index in [-0.39, 0.29) is 6.04 Å². The van der Waals surface area contributed by atoms with Crippen molar-refractivity contribution in [2.45, 2.75) is 51.6 Å². The van der Waals surface area contributed by atoms with Gasteiger partial charge in [0.25, 0.3) is 0 Å². The molecule has 25 heavy (non-hydrogen) atoms. The number of tetrazole rings is 1. The number of aromatic nitrogens is 4. The summed E-state index contributed by atoms with van der Waals surface area (Å²) in [6.07, 6.45) is 6.87. The van der Waals surface area contributed by atoms with Crippen LogP contribution in [0.2, 0.25) is 0 Å². The van der Waals surface area contributed by atoms with Crippen molar-refractivity contribution >= 4 is 0 Å². The molecule has 1 aliphatic carbocycles. The lowest BCUT2D eigenvalue weighted by molar-refractivity contribution is 0.132. The Labute approximate surface area is 149 Å². The Morgan fingerprint density at radius 2 is 1.88 bits per heavy atom. The zero-order chi connectivity index (χ0) is 17.1. The van der Waals surface area contributed by atoms with Gasteiger partial charge in [0.1, 0.15) is 5.75 Å². The number of nitrogens with zero attached hydrogens (tertiary/aromatic N) is 5. The van der Waals surface area contributed by atoms with E-state index in [0.717, 1.165) is 37.1 Å². The van der Waals surface area contributed by atoms with E-state index in [4.69, 9.17) is 4.74 Å². The van der Waals surface area contributed by atoms with E-state index >= 15 is 0 Å². The second-order valence-corrected chi connectivity index (χ2v) is 7.16. The monoisotopic (exact) mass is 341 g/mol. The molecule has 2 aromatic rings. The van der Waals surface area contributed by atoms with Crippen LogP contribution in [0.15, 0.2) is 24.3 Å². The number of fused-ring (bicyclic) bond motifs is 1. The fourth-order valence-corrected chi connectivity index (χ4v) is 4.25. The first-order valence-electron chi connectivity index (χ1n) is 9.58. The highest BCUT2D eigenvalue weighted by Crippen LogP contribution is 2.34. The molecule has 0 spiro atoms. The summed E-state index contributed by atoms with van der Waals surface area (Å²) in [5.41, 5.74) is 1.25. The molecule has 0 saturated heterocycles. The first-order valence-corrected chi connectivity index (χ1v) is 9.58. The lowest BCUT2D eigenvalue weighted by Crippen LogP contribution is -2.42. The molecule has 4 rings (SSSR count). The van der Waals surface area contributed by atoms with Crippen LogP contribution in [-0.2, 0) is 6.54 Å². The van der Waals surface area contributed by atoms with Gasteiger partial charge in [-0.15, -0.1) is 5.10 Å². The summed E-state index contributed by atoms with van der Waals surface area (Å²) in [5, 5.41) is 12.4. The molecule has 0 bridgehead atoms. The Hall–Kier alpha value is -1.95. The van der Waals surface area contributed by atoms with Crippen LogP contribution in [0.4, 0.5) is 0 Å². The average molecular weight is 341 g/mol. The van der Waals surface area contributed by atoms with Gasteiger partial charge in [-0.25, -0.2) is 4.68 Å². The minimum absolute atomic E-state index is 0.140. The van der Waals surface area contributed by atoms with Gasteiger partial charge in [-0.3, -0.25) is 4.90 Å². The van der Waals surface area contributed by atoms with Crippen molar-refractivity contribution in [2.75, 3.05) is 19.7 Å². The van der Waals surface area contributed by atoms with Crippen molar-refractivity contribution in [3.8, 4) is 5.75 Å². The predicted octanol–water partition coefficient (Wildman–Crippen LogP) is 3.06. The molecule has 2 aliphatic rings. The third-order valence-electron chi connectivity index (χ3n) is 5.49. The Morgan fingerprint density at radius 3 is 2.64 bits per heavy atom. The Balaban J connectivity index is 1.59. The van der Waals surface area contributed by atoms with Gasteiger partial charge in [0.05, 0.1) is 19.2 Å². The van der Waals surface area contributed by atoms with Crippen molar-refractivity contribution in [1.29, 1.82) is 0 Å². The zero-order valence-electron chi connectivity index (χ0n) is 15.0. The van der Waals surface area contributed by atoms with Crippen molar-refractivity contribution in [2.24, 2.45) is 5.92 Å². The molecule has 2 heterocycles. The van der Waals surface area contributed by atoms with Gasteiger partial charge in [-0.1, -0.05) is 31.4 Å². The fraction of sp³-hybridized carbons (Fsp3) is 0.632. The summed E-state index contributed by atoms with van der Waals surface area (Å²) < 4.78 is 7.55. The highest BCUT2D eigenvalue weighted by molar-refractivity contribution is 5.32. The van der Waals surface area contributed by atoms with E-state index in [1.54, 1.807) is 0 Å². The quantitative estimate of drug-likeness (QED) is 0.836. The Bertz CT molecular complexity index is 677. The van der Waals surface area contributed by atoms with E-state index in [0.29, 0.717) is 6.61 Å². The van der Waals surface area contributed by atoms with Crippen LogP contribution in [0.3, 0.4) is 0 Å². The van der Waals surface area contributed by atoms with E-state index in [1.807, 2.05) is 11.6 Å². The molecule has 6 heteroatoms. The maximum absolute atomic E-state index is 5.59. The van der Waals surface area contributed by atoms with Gasteiger partial charge in [0, 0.05) is 13.1 Å². The molecule has 1 aromatic heterocycles. The van der Waals surface area contributed by atoms with Gasteiger partial charge >= 0.3 is 0 Å². The highest BCUT2D eigenvalue weighted by atomic mass is 16.5. The molecule has 6 nitrogen and oxygen atoms in total. The third kappa shape index (κ3) is 3.54. The summed E-state index contributed by atoms with van der Waals surface area (Å²) in [6, 6.07) is 8.57. The van der Waals surface area contributed by atoms with Crippen LogP contribution in [0.5, 0.6) is 5.75 Å². The molecule has 1 fully saturated rings. The van der Waals surface area contributed by atoms with Crippen molar-refractivity contribution in [1.82, 2.24) is 25.1 Å². The van der Waals surface area contributed by atoms with Crippen molar-refractivity contribution in [3.05, 3.63) is 35.7 Å². The van der Waals surface area contributed by atoms with Crippen LogP contribution in [0, 0.1) is 5.92 Å². The summed E-state index contributed by atoms with van der Waals surface area (Å²) in [7, 11) is 0. The molecule has 1 atom stereocenters. The summed E-state index contributed by atoms with van der Waals surface area (Å²) in [4.78, 5) is 2.58. The molecular formula is C19H27N5O. The van der Waals surface area contributed by atoms with E-state index < -0.39 is 0 Å². The molecule has 1 aromatic carbocycles. The van der Waals surface area contributed by atoms with Crippen LogP contribution in [-0.4, -0.2) is 44.8 Å². The smallest absolute Gasteiger partial charge is 0.173 e. The summed E-state index contributed by atoms with van der Waals surface area (Å²) >= 11 is 0. The summed E-state index contributed by atoms with van der Waals surface area (Å²) in [5.74, 6) is 2.69. The van der Waals surface area contributed by atoms with E-state index in [1.165, 1.54) is 37.7 Å². The minimum Gasteiger partial charge on any atom is -0.494 e. The van der Waals surface area contributed by atoms with Crippen LogP contribution in [0.1, 0.15) is 56.5 Å². The predicted molar refractivity (Wildman–Crippen MR) is 95.4 cm³/mol. The zero-order valence-corrected chi connectivity index (χ0v) is 15.0. The Kier molecular flexibility index (Phi) is 4.97. The topological polar surface area (TPSA) is 56.1 Å². The first-order chi connectivity index (χ1) is 12.3. The molecule has 1 unspecified atom stereocenters. The minimum atomic E-state index is 0.140. The van der Waals surface area contributed by atoms with Gasteiger partial charge in [-0.2, -0.15) is 0 Å². The van der Waals surface area contributed by atoms with E-state index in [9.17, 15) is 0 Å². The molecule has 0 amide bonds. The molecule has 1 aliphatic heterocycles. The highest BCUT2D eigenvalue weighted by Gasteiger charge is 2.33. The maximum atomic E-state index is 5.59. The third-order valence-corrected chi connectivity index (χ3v) is 5.49. The number of hydrogen-bond donors (Lipinski definition) is 0. The van der Waals surface area contributed by atoms with Crippen LogP contribution >= 0.6 is 0 Å². The SMILES string of the molecule is CCOc1ccc(C2c3nnnn3CCN2CC2CCCCC2)cc1. The van der Waals surface area contributed by atoms with Crippen LogP contribution < -0.4 is 4.74 Å². The largest absolute Gasteiger partial charge is 0.494 e. The number of hydrogen-bond acceptors (Lipinski definition) is 5. The standard InChI is InChI=1S/C19H27N5O/c1-2-25-17-10-8-16(9-11-17)18-19-20-21-22-24(19)13-12-23(18)14-15-6-4-3-5-7-15/h8-11,15,18H,2-7,12-14H2,1H3. The normalized spacial score (nSPS) is 21.9. The lowest BCUT2D eigenvalue weighted by atomic mass is 9.88. The molecule has 0 radical (unpaired) electrons. The van der Waals surface area contributed by atoms with E-state index in [2.05, 4.69) is 44.7 Å². The van der Waals surface area contributed by atoms with Gasteiger partial charge < -0.3 is 4.74 Å². The van der Waals surface area contributed by atoms with Crippen molar-refractivity contribution in [3.63, 3.8) is 0 Å². The fourth-order valence-electron chi connectivity index (χ4n) is 4.25. The molecule has 0 N–H and O–H groups in total. The number of benzene rings is 1. The maximum Gasteiger partial charge on any atom is 0.173 e. The molecule has 1 saturated carbocycles. The number of rotatable bonds is 5. The molecular weight excluding hydrogens is 314 g/mol. The number of ether oxygens (including phenoxy) is 1. The van der Waals surface area contributed by atoms with Crippen molar-refractivity contribution < 1.29 is 4.74 Å². The first kappa shape index (κ1) is 16.5. The van der Waals surface area contributed by atoms with Gasteiger partial charge in [-0.05, 0) is 53.8 Å². The van der Waals surface area contributed by atoms with Crippen LogP contribution in [0.25, 0.3) is 0 Å². The lowest BCUT2D eigenvalue weighted by Gasteiger charge is -2.38. The average Bonchev–Trinajstić information content (AvgIpc) is 3.12. The second-order valence-electron chi connectivity index (χ2n) is 7.16. The summed E-state index contributed by atoms with van der Waals surface area (Å²) in [6.45, 7) is 5.73. The second kappa shape index (κ2) is 7.52. The van der Waals surface area contributed by atoms with Gasteiger partial charge in [0.15, 0.2) is 5.82 Å². The Morgan fingerprint density at radius 1 is 1.08 bits per heavy atom.